The third kappa shape index (κ3) is 2.08. The standard InChI is InChI=1S/C19H16O/c1-3-7-14(8-4-2)15-11-12-19-17(13-15)16-9-5-6-10-18(16)20-19/h3-13H,1H2,2H3/b8-4-,14-7+. The highest BCUT2D eigenvalue weighted by atomic mass is 16.3. The third-order valence-electron chi connectivity index (χ3n) is 3.35. The van der Waals surface area contributed by atoms with Crippen LogP contribution in [0.4, 0.5) is 0 Å². The molecule has 20 heavy (non-hydrogen) atoms. The molecule has 2 aromatic carbocycles. The van der Waals surface area contributed by atoms with E-state index >= 15 is 0 Å². The van der Waals surface area contributed by atoms with Crippen LogP contribution in [0.5, 0.6) is 0 Å². The van der Waals surface area contributed by atoms with Crippen LogP contribution in [-0.2, 0) is 0 Å². The summed E-state index contributed by atoms with van der Waals surface area (Å²) in [5, 5.41) is 2.31. The van der Waals surface area contributed by atoms with Crippen molar-refractivity contribution in [3.8, 4) is 0 Å². The summed E-state index contributed by atoms with van der Waals surface area (Å²) in [5.41, 5.74) is 4.17. The highest BCUT2D eigenvalue weighted by molar-refractivity contribution is 6.06. The Morgan fingerprint density at radius 3 is 2.65 bits per heavy atom. The van der Waals surface area contributed by atoms with Crippen molar-refractivity contribution in [1.29, 1.82) is 0 Å². The van der Waals surface area contributed by atoms with E-state index in [1.165, 1.54) is 5.56 Å². The lowest BCUT2D eigenvalue weighted by Crippen LogP contribution is -1.80. The summed E-state index contributed by atoms with van der Waals surface area (Å²) < 4.78 is 5.85. The lowest BCUT2D eigenvalue weighted by molar-refractivity contribution is 0.669. The second-order valence-corrected chi connectivity index (χ2v) is 4.67. The first kappa shape index (κ1) is 12.5. The van der Waals surface area contributed by atoms with Crippen LogP contribution in [0.3, 0.4) is 0 Å². The molecule has 0 aliphatic carbocycles. The van der Waals surface area contributed by atoms with Crippen molar-refractivity contribution in [3.05, 3.63) is 78.9 Å². The van der Waals surface area contributed by atoms with Gasteiger partial charge in [-0.25, -0.2) is 0 Å². The highest BCUT2D eigenvalue weighted by Crippen LogP contribution is 2.31. The van der Waals surface area contributed by atoms with E-state index in [0.29, 0.717) is 0 Å². The van der Waals surface area contributed by atoms with Gasteiger partial charge in [0.05, 0.1) is 0 Å². The van der Waals surface area contributed by atoms with Crippen LogP contribution in [-0.4, -0.2) is 0 Å². The van der Waals surface area contributed by atoms with Crippen molar-refractivity contribution in [3.63, 3.8) is 0 Å². The Morgan fingerprint density at radius 2 is 1.85 bits per heavy atom. The monoisotopic (exact) mass is 260 g/mol. The van der Waals surface area contributed by atoms with E-state index in [4.69, 9.17) is 4.42 Å². The zero-order chi connectivity index (χ0) is 13.9. The van der Waals surface area contributed by atoms with Crippen molar-refractivity contribution in [2.75, 3.05) is 0 Å². The molecule has 98 valence electrons. The number of para-hydroxylation sites is 1. The fourth-order valence-electron chi connectivity index (χ4n) is 2.46. The maximum atomic E-state index is 5.85. The van der Waals surface area contributed by atoms with Crippen LogP contribution >= 0.6 is 0 Å². The number of hydrogen-bond acceptors (Lipinski definition) is 1. The zero-order valence-electron chi connectivity index (χ0n) is 11.5. The molecule has 0 aliphatic heterocycles. The Morgan fingerprint density at radius 1 is 1.05 bits per heavy atom. The molecule has 1 heterocycles. The van der Waals surface area contributed by atoms with Gasteiger partial charge in [0.25, 0.3) is 0 Å². The van der Waals surface area contributed by atoms with Gasteiger partial charge in [0, 0.05) is 10.8 Å². The fourth-order valence-corrected chi connectivity index (χ4v) is 2.46. The van der Waals surface area contributed by atoms with Gasteiger partial charge in [-0.2, -0.15) is 0 Å². The van der Waals surface area contributed by atoms with Crippen molar-refractivity contribution < 1.29 is 4.42 Å². The molecule has 1 nitrogen and oxygen atoms in total. The van der Waals surface area contributed by atoms with Crippen LogP contribution in [0, 0.1) is 0 Å². The molecular weight excluding hydrogens is 244 g/mol. The summed E-state index contributed by atoms with van der Waals surface area (Å²) in [7, 11) is 0. The molecule has 3 rings (SSSR count). The van der Waals surface area contributed by atoms with E-state index in [1.807, 2.05) is 49.4 Å². The summed E-state index contributed by atoms with van der Waals surface area (Å²) in [6.07, 6.45) is 7.95. The van der Waals surface area contributed by atoms with E-state index in [0.717, 1.165) is 27.5 Å². The molecule has 0 aliphatic rings. The number of furan rings is 1. The van der Waals surface area contributed by atoms with Crippen LogP contribution in [0.25, 0.3) is 27.5 Å². The maximum absolute atomic E-state index is 5.85. The molecule has 0 spiro atoms. The normalized spacial score (nSPS) is 12.6. The molecule has 1 heteroatoms. The summed E-state index contributed by atoms with van der Waals surface area (Å²) in [6.45, 7) is 5.80. The van der Waals surface area contributed by atoms with Gasteiger partial charge in [-0.05, 0) is 36.3 Å². The van der Waals surface area contributed by atoms with Crippen molar-refractivity contribution in [2.24, 2.45) is 0 Å². The summed E-state index contributed by atoms with van der Waals surface area (Å²) in [4.78, 5) is 0. The van der Waals surface area contributed by atoms with Gasteiger partial charge in [-0.3, -0.25) is 0 Å². The minimum absolute atomic E-state index is 0.924. The third-order valence-corrected chi connectivity index (χ3v) is 3.35. The van der Waals surface area contributed by atoms with Gasteiger partial charge in [0.15, 0.2) is 0 Å². The van der Waals surface area contributed by atoms with Crippen LogP contribution in [0.15, 0.2) is 77.8 Å². The van der Waals surface area contributed by atoms with Crippen LogP contribution in [0.2, 0.25) is 0 Å². The van der Waals surface area contributed by atoms with Gasteiger partial charge in [-0.15, -0.1) is 0 Å². The lowest BCUT2D eigenvalue weighted by atomic mass is 10.0. The Kier molecular flexibility index (Phi) is 3.26. The highest BCUT2D eigenvalue weighted by Gasteiger charge is 2.07. The molecule has 0 atom stereocenters. The molecule has 3 aromatic rings. The first-order valence-electron chi connectivity index (χ1n) is 6.70. The lowest BCUT2D eigenvalue weighted by Gasteiger charge is -2.02. The van der Waals surface area contributed by atoms with Gasteiger partial charge in [0.2, 0.25) is 0 Å². The average Bonchev–Trinajstić information content (AvgIpc) is 2.85. The Bertz CT molecular complexity index is 831. The minimum Gasteiger partial charge on any atom is -0.456 e. The quantitative estimate of drug-likeness (QED) is 0.548. The number of hydrogen-bond donors (Lipinski definition) is 0. The molecule has 0 radical (unpaired) electrons. The van der Waals surface area contributed by atoms with Crippen molar-refractivity contribution in [2.45, 2.75) is 6.92 Å². The average molecular weight is 260 g/mol. The van der Waals surface area contributed by atoms with E-state index in [2.05, 4.69) is 30.9 Å². The molecule has 0 saturated heterocycles. The van der Waals surface area contributed by atoms with Gasteiger partial charge < -0.3 is 4.42 Å². The predicted octanol–water partition coefficient (Wildman–Crippen LogP) is 5.73. The molecule has 1 aromatic heterocycles. The molecular formula is C19H16O. The van der Waals surface area contributed by atoms with Crippen LogP contribution in [0.1, 0.15) is 12.5 Å². The summed E-state index contributed by atoms with van der Waals surface area (Å²) >= 11 is 0. The second-order valence-electron chi connectivity index (χ2n) is 4.67. The number of rotatable bonds is 3. The van der Waals surface area contributed by atoms with Crippen LogP contribution < -0.4 is 0 Å². The minimum atomic E-state index is 0.924. The largest absolute Gasteiger partial charge is 0.456 e. The topological polar surface area (TPSA) is 13.1 Å². The first-order chi connectivity index (χ1) is 9.83. The van der Waals surface area contributed by atoms with Gasteiger partial charge >= 0.3 is 0 Å². The number of fused-ring (bicyclic) bond motifs is 3. The van der Waals surface area contributed by atoms with E-state index < -0.39 is 0 Å². The number of benzene rings is 2. The summed E-state index contributed by atoms with van der Waals surface area (Å²) in [6, 6.07) is 14.4. The number of allylic oxidation sites excluding steroid dienone is 5. The molecule has 0 saturated carbocycles. The Hall–Kier alpha value is -2.54. The molecule has 0 bridgehead atoms. The van der Waals surface area contributed by atoms with Gasteiger partial charge in [-0.1, -0.05) is 55.1 Å². The molecule has 0 amide bonds. The van der Waals surface area contributed by atoms with E-state index in [-0.39, 0.29) is 0 Å². The van der Waals surface area contributed by atoms with Crippen molar-refractivity contribution in [1.82, 2.24) is 0 Å². The zero-order valence-corrected chi connectivity index (χ0v) is 11.5. The summed E-state index contributed by atoms with van der Waals surface area (Å²) in [5.74, 6) is 0. The predicted molar refractivity (Wildman–Crippen MR) is 86.7 cm³/mol. The van der Waals surface area contributed by atoms with E-state index in [1.54, 1.807) is 0 Å². The smallest absolute Gasteiger partial charge is 0.135 e. The van der Waals surface area contributed by atoms with Gasteiger partial charge in [0.1, 0.15) is 11.2 Å². The Labute approximate surface area is 118 Å². The Balaban J connectivity index is 2.26. The van der Waals surface area contributed by atoms with Crippen molar-refractivity contribution >= 4 is 27.5 Å². The second kappa shape index (κ2) is 5.22. The maximum Gasteiger partial charge on any atom is 0.135 e. The van der Waals surface area contributed by atoms with E-state index in [9.17, 15) is 0 Å². The molecule has 0 unspecified atom stereocenters. The first-order valence-corrected chi connectivity index (χ1v) is 6.70. The SMILES string of the molecule is C=C/C=C(\C=C/C)c1ccc2oc3ccccc3c2c1. The fraction of sp³-hybridized carbons (Fsp3) is 0.0526. The molecule has 0 N–H and O–H groups in total. The molecule has 0 fully saturated rings.